The Bertz CT molecular complexity index is 1230. The predicted molar refractivity (Wildman–Crippen MR) is 138 cm³/mol. The number of likely N-dealkylation sites (N-methyl/N-ethyl adjacent to an activating group) is 1. The second-order valence-electron chi connectivity index (χ2n) is 7.87. The number of benzene rings is 3. The van der Waals surface area contributed by atoms with Gasteiger partial charge in [-0.3, -0.25) is 5.10 Å². The predicted octanol–water partition coefficient (Wildman–Crippen LogP) is 5.18. The molecule has 1 heterocycles. The minimum absolute atomic E-state index is 0.299. The zero-order valence-electron chi connectivity index (χ0n) is 19.5. The van der Waals surface area contributed by atoms with Gasteiger partial charge in [-0.15, -0.1) is 0 Å². The molecule has 4 rings (SSSR count). The van der Waals surface area contributed by atoms with Crippen molar-refractivity contribution in [3.05, 3.63) is 66.7 Å². The molecule has 176 valence electrons. The maximum atomic E-state index is 12.3. The number of carbonyl (C=O) groups excluding carboxylic acids is 1. The van der Waals surface area contributed by atoms with Crippen LogP contribution in [-0.4, -0.2) is 47.4 Å². The highest BCUT2D eigenvalue weighted by Crippen LogP contribution is 2.36. The Morgan fingerprint density at radius 1 is 0.971 bits per heavy atom. The fourth-order valence-electron chi connectivity index (χ4n) is 3.87. The van der Waals surface area contributed by atoms with Gasteiger partial charge in [0.1, 0.15) is 17.9 Å². The van der Waals surface area contributed by atoms with Crippen LogP contribution in [0.2, 0.25) is 0 Å². The molecule has 8 heteroatoms. The molecule has 0 spiro atoms. The number of nitrogens with zero attached hydrogens (tertiary/aromatic N) is 2. The van der Waals surface area contributed by atoms with E-state index in [9.17, 15) is 4.79 Å². The Morgan fingerprint density at radius 3 is 2.32 bits per heavy atom. The number of ether oxygens (including phenoxy) is 1. The van der Waals surface area contributed by atoms with E-state index >= 15 is 0 Å². The molecule has 3 aromatic carbocycles. The molecule has 0 aliphatic carbocycles. The largest absolute Gasteiger partial charge is 0.490 e. The normalized spacial score (nSPS) is 11.0. The number of aromatic amines is 1. The van der Waals surface area contributed by atoms with Gasteiger partial charge in [0.25, 0.3) is 0 Å². The average Bonchev–Trinajstić information content (AvgIpc) is 3.25. The van der Waals surface area contributed by atoms with Crippen LogP contribution < -0.4 is 21.1 Å². The number of aromatic nitrogens is 2. The fourth-order valence-corrected chi connectivity index (χ4v) is 3.87. The molecular formula is C26H30N6O2. The summed E-state index contributed by atoms with van der Waals surface area (Å²) in [5.74, 6) is 1.15. The number of amides is 2. The van der Waals surface area contributed by atoms with Crippen LogP contribution in [-0.2, 0) is 0 Å². The summed E-state index contributed by atoms with van der Waals surface area (Å²) in [5, 5.41) is 13.7. The van der Waals surface area contributed by atoms with Gasteiger partial charge in [-0.2, -0.15) is 5.10 Å². The molecule has 0 fully saturated rings. The highest BCUT2D eigenvalue weighted by molar-refractivity contribution is 6.04. The van der Waals surface area contributed by atoms with Crippen LogP contribution >= 0.6 is 0 Å². The molecule has 0 saturated carbocycles. The smallest absolute Gasteiger partial charge is 0.323 e. The van der Waals surface area contributed by atoms with Gasteiger partial charge in [0.2, 0.25) is 0 Å². The van der Waals surface area contributed by atoms with E-state index in [1.54, 1.807) is 0 Å². The van der Waals surface area contributed by atoms with E-state index in [1.165, 1.54) is 0 Å². The van der Waals surface area contributed by atoms with Gasteiger partial charge < -0.3 is 26.0 Å². The second kappa shape index (κ2) is 10.7. The average molecular weight is 459 g/mol. The summed E-state index contributed by atoms with van der Waals surface area (Å²) < 4.78 is 6.05. The topological polar surface area (TPSA) is 108 Å². The van der Waals surface area contributed by atoms with Crippen molar-refractivity contribution in [2.75, 3.05) is 42.6 Å². The van der Waals surface area contributed by atoms with Crippen LogP contribution in [0.4, 0.5) is 22.0 Å². The van der Waals surface area contributed by atoms with E-state index in [0.717, 1.165) is 53.1 Å². The first kappa shape index (κ1) is 23.1. The van der Waals surface area contributed by atoms with Crippen molar-refractivity contribution in [3.8, 4) is 16.9 Å². The number of nitrogens with one attached hydrogen (secondary N) is 3. The number of rotatable bonds is 9. The van der Waals surface area contributed by atoms with Gasteiger partial charge in [0.15, 0.2) is 5.82 Å². The van der Waals surface area contributed by atoms with Gasteiger partial charge in [-0.25, -0.2) is 4.79 Å². The van der Waals surface area contributed by atoms with Crippen molar-refractivity contribution in [2.24, 2.45) is 0 Å². The summed E-state index contributed by atoms with van der Waals surface area (Å²) in [7, 11) is 0. The molecule has 0 aliphatic rings. The van der Waals surface area contributed by atoms with Crippen molar-refractivity contribution in [1.82, 2.24) is 15.1 Å². The highest BCUT2D eigenvalue weighted by atomic mass is 16.5. The number of nitrogen functional groups attached to an aromatic ring is 1. The maximum Gasteiger partial charge on any atom is 0.323 e. The third kappa shape index (κ3) is 5.29. The Labute approximate surface area is 199 Å². The van der Waals surface area contributed by atoms with Crippen molar-refractivity contribution in [1.29, 1.82) is 0 Å². The zero-order valence-corrected chi connectivity index (χ0v) is 19.5. The van der Waals surface area contributed by atoms with Gasteiger partial charge in [-0.05, 0) is 60.6 Å². The lowest BCUT2D eigenvalue weighted by atomic mass is 10.0. The Hall–Kier alpha value is -4.04. The van der Waals surface area contributed by atoms with Gasteiger partial charge >= 0.3 is 6.03 Å². The monoisotopic (exact) mass is 458 g/mol. The van der Waals surface area contributed by atoms with E-state index in [1.807, 2.05) is 66.7 Å². The number of anilines is 3. The van der Waals surface area contributed by atoms with Crippen LogP contribution in [0.1, 0.15) is 13.8 Å². The molecule has 1 aromatic heterocycles. The number of urea groups is 1. The molecule has 0 unspecified atom stereocenters. The molecule has 4 aromatic rings. The Kier molecular flexibility index (Phi) is 7.29. The standard InChI is InChI=1S/C26H30N6O2/c1-3-32(4-2)16-17-34-22-15-14-21(23-24(22)30-31-25(23)27)18-10-12-20(13-11-18)29-26(33)28-19-8-6-5-7-9-19/h5-15H,3-4,16-17H2,1-2H3,(H3,27,30,31)(H2,28,29,33). The first-order valence-corrected chi connectivity index (χ1v) is 11.4. The first-order chi connectivity index (χ1) is 16.6. The lowest BCUT2D eigenvalue weighted by Crippen LogP contribution is -2.27. The number of carbonyl (C=O) groups is 1. The number of hydrogen-bond acceptors (Lipinski definition) is 5. The second-order valence-corrected chi connectivity index (χ2v) is 7.87. The summed E-state index contributed by atoms with van der Waals surface area (Å²) >= 11 is 0. The van der Waals surface area contributed by atoms with Gasteiger partial charge in [-0.1, -0.05) is 44.2 Å². The molecule has 2 amide bonds. The van der Waals surface area contributed by atoms with Crippen molar-refractivity contribution < 1.29 is 9.53 Å². The first-order valence-electron chi connectivity index (χ1n) is 11.4. The van der Waals surface area contributed by atoms with E-state index in [2.05, 4.69) is 39.6 Å². The number of fused-ring (bicyclic) bond motifs is 1. The Morgan fingerprint density at radius 2 is 1.65 bits per heavy atom. The van der Waals surface area contributed by atoms with Crippen molar-refractivity contribution in [3.63, 3.8) is 0 Å². The summed E-state index contributed by atoms with van der Waals surface area (Å²) in [4.78, 5) is 14.6. The van der Waals surface area contributed by atoms with Gasteiger partial charge in [0, 0.05) is 17.9 Å². The highest BCUT2D eigenvalue weighted by Gasteiger charge is 2.15. The third-order valence-corrected chi connectivity index (χ3v) is 5.76. The molecule has 0 bridgehead atoms. The molecule has 34 heavy (non-hydrogen) atoms. The van der Waals surface area contributed by atoms with Crippen LogP contribution in [0, 0.1) is 0 Å². The maximum absolute atomic E-state index is 12.3. The quantitative estimate of drug-likeness (QED) is 0.276. The lowest BCUT2D eigenvalue weighted by molar-refractivity contribution is 0.224. The zero-order chi connectivity index (χ0) is 23.9. The number of nitrogens with two attached hydrogens (primary N) is 1. The summed E-state index contributed by atoms with van der Waals surface area (Å²) in [6, 6.07) is 20.5. The summed E-state index contributed by atoms with van der Waals surface area (Å²) in [5.41, 5.74) is 10.3. The summed E-state index contributed by atoms with van der Waals surface area (Å²) in [6.07, 6.45) is 0. The summed E-state index contributed by atoms with van der Waals surface area (Å²) in [6.45, 7) is 7.70. The molecule has 8 nitrogen and oxygen atoms in total. The fraction of sp³-hybridized carbons (Fsp3) is 0.231. The molecular weight excluding hydrogens is 428 g/mol. The molecule has 0 aliphatic heterocycles. The van der Waals surface area contributed by atoms with Gasteiger partial charge in [0.05, 0.1) is 5.39 Å². The van der Waals surface area contributed by atoms with Crippen molar-refractivity contribution in [2.45, 2.75) is 13.8 Å². The minimum Gasteiger partial charge on any atom is -0.490 e. The third-order valence-electron chi connectivity index (χ3n) is 5.76. The van der Waals surface area contributed by atoms with Crippen molar-refractivity contribution >= 4 is 34.1 Å². The molecule has 0 atom stereocenters. The van der Waals surface area contributed by atoms with E-state index in [4.69, 9.17) is 10.5 Å². The lowest BCUT2D eigenvalue weighted by Gasteiger charge is -2.18. The van der Waals surface area contributed by atoms with Crippen LogP contribution in [0.15, 0.2) is 66.7 Å². The van der Waals surface area contributed by atoms with E-state index in [-0.39, 0.29) is 6.03 Å². The molecule has 0 radical (unpaired) electrons. The number of H-pyrrole nitrogens is 1. The van der Waals surface area contributed by atoms with Crippen LogP contribution in [0.25, 0.3) is 22.0 Å². The SMILES string of the molecule is CCN(CC)CCOc1ccc(-c2ccc(NC(=O)Nc3ccccc3)cc2)c2c(N)n[nH]c12. The van der Waals surface area contributed by atoms with Crippen LogP contribution in [0.3, 0.4) is 0 Å². The van der Waals surface area contributed by atoms with E-state index in [0.29, 0.717) is 18.1 Å². The number of para-hydroxylation sites is 1. The molecule has 0 saturated heterocycles. The van der Waals surface area contributed by atoms with E-state index < -0.39 is 0 Å². The minimum atomic E-state index is -0.299. The molecule has 5 N–H and O–H groups in total. The Balaban J connectivity index is 1.49. The number of hydrogen-bond donors (Lipinski definition) is 4. The van der Waals surface area contributed by atoms with Crippen LogP contribution in [0.5, 0.6) is 5.75 Å².